The Morgan fingerprint density at radius 2 is 1.73 bits per heavy atom. The second kappa shape index (κ2) is 3.91. The van der Waals surface area contributed by atoms with E-state index in [9.17, 15) is 0 Å². The molecule has 0 saturated carbocycles. The predicted molar refractivity (Wildman–Crippen MR) is 57.0 cm³/mol. The molecule has 0 unspecified atom stereocenters. The summed E-state index contributed by atoms with van der Waals surface area (Å²) in [5.41, 5.74) is 3.59. The number of thiazole rings is 1. The molecule has 0 aliphatic rings. The first-order valence-electron chi connectivity index (χ1n) is 4.17. The van der Waals surface area contributed by atoms with E-state index in [4.69, 9.17) is 10.5 Å². The molecule has 0 aliphatic carbocycles. The van der Waals surface area contributed by atoms with Crippen LogP contribution in [0, 0.1) is 22.7 Å². The SMILES string of the molecule is N#Cc1cc(C#N)cc(-c2cncs2)c1. The highest BCUT2D eigenvalue weighted by Crippen LogP contribution is 2.25. The van der Waals surface area contributed by atoms with Crippen LogP contribution in [0.5, 0.6) is 0 Å². The van der Waals surface area contributed by atoms with Crippen LogP contribution < -0.4 is 0 Å². The third kappa shape index (κ3) is 1.85. The number of hydrogen-bond acceptors (Lipinski definition) is 4. The maximum Gasteiger partial charge on any atom is 0.0992 e. The Hall–Kier alpha value is -2.17. The van der Waals surface area contributed by atoms with Gasteiger partial charge in [0.25, 0.3) is 0 Å². The molecule has 0 bridgehead atoms. The van der Waals surface area contributed by atoms with Gasteiger partial charge in [0.15, 0.2) is 0 Å². The van der Waals surface area contributed by atoms with Gasteiger partial charge in [-0.1, -0.05) is 0 Å². The van der Waals surface area contributed by atoms with Crippen molar-refractivity contribution >= 4 is 11.3 Å². The molecule has 1 heterocycles. The average molecular weight is 211 g/mol. The lowest BCUT2D eigenvalue weighted by molar-refractivity contribution is 1.42. The Morgan fingerprint density at radius 3 is 2.20 bits per heavy atom. The number of hydrogen-bond donors (Lipinski definition) is 0. The van der Waals surface area contributed by atoms with Crippen molar-refractivity contribution in [1.29, 1.82) is 10.5 Å². The molecule has 0 atom stereocenters. The molecule has 0 aliphatic heterocycles. The zero-order valence-electron chi connectivity index (χ0n) is 7.64. The van der Waals surface area contributed by atoms with Crippen molar-refractivity contribution in [2.75, 3.05) is 0 Å². The summed E-state index contributed by atoms with van der Waals surface area (Å²) in [6.07, 6.45) is 1.72. The van der Waals surface area contributed by atoms with E-state index in [2.05, 4.69) is 4.98 Å². The lowest BCUT2D eigenvalue weighted by Crippen LogP contribution is -1.82. The van der Waals surface area contributed by atoms with E-state index in [-0.39, 0.29) is 0 Å². The lowest BCUT2D eigenvalue weighted by Gasteiger charge is -1.98. The van der Waals surface area contributed by atoms with Crippen molar-refractivity contribution in [2.24, 2.45) is 0 Å². The van der Waals surface area contributed by atoms with Gasteiger partial charge in [0.1, 0.15) is 0 Å². The minimum Gasteiger partial charge on any atom is -0.252 e. The summed E-state index contributed by atoms with van der Waals surface area (Å²) < 4.78 is 0. The smallest absolute Gasteiger partial charge is 0.0992 e. The first-order valence-corrected chi connectivity index (χ1v) is 5.05. The first kappa shape index (κ1) is 9.39. The monoisotopic (exact) mass is 211 g/mol. The molecular weight excluding hydrogens is 206 g/mol. The van der Waals surface area contributed by atoms with Gasteiger partial charge in [0.05, 0.1) is 33.7 Å². The van der Waals surface area contributed by atoms with E-state index in [0.29, 0.717) is 11.1 Å². The highest BCUT2D eigenvalue weighted by molar-refractivity contribution is 7.13. The number of nitriles is 2. The molecule has 0 N–H and O–H groups in total. The van der Waals surface area contributed by atoms with Crippen LogP contribution in [0.2, 0.25) is 0 Å². The van der Waals surface area contributed by atoms with E-state index in [1.165, 1.54) is 11.3 Å². The van der Waals surface area contributed by atoms with Gasteiger partial charge in [-0.25, -0.2) is 0 Å². The molecule has 70 valence electrons. The molecule has 0 amide bonds. The van der Waals surface area contributed by atoms with Crippen LogP contribution in [0.15, 0.2) is 29.9 Å². The fraction of sp³-hybridized carbons (Fsp3) is 0. The average Bonchev–Trinajstić information content (AvgIpc) is 2.81. The summed E-state index contributed by atoms with van der Waals surface area (Å²) >= 11 is 1.48. The quantitative estimate of drug-likeness (QED) is 0.728. The Morgan fingerprint density at radius 1 is 1.07 bits per heavy atom. The molecule has 2 aromatic rings. The maximum atomic E-state index is 8.81. The van der Waals surface area contributed by atoms with Gasteiger partial charge in [0, 0.05) is 6.20 Å². The third-order valence-corrected chi connectivity index (χ3v) is 2.73. The molecule has 0 fully saturated rings. The molecule has 3 nitrogen and oxygen atoms in total. The highest BCUT2D eigenvalue weighted by atomic mass is 32.1. The molecule has 1 aromatic heterocycles. The van der Waals surface area contributed by atoms with Crippen LogP contribution in [0.4, 0.5) is 0 Å². The van der Waals surface area contributed by atoms with Gasteiger partial charge >= 0.3 is 0 Å². The molecule has 1 aromatic carbocycles. The number of aromatic nitrogens is 1. The number of benzene rings is 1. The summed E-state index contributed by atoms with van der Waals surface area (Å²) in [7, 11) is 0. The number of rotatable bonds is 1. The van der Waals surface area contributed by atoms with Crippen molar-refractivity contribution in [1.82, 2.24) is 4.98 Å². The van der Waals surface area contributed by atoms with Crippen LogP contribution in [0.25, 0.3) is 10.4 Å². The first-order chi connectivity index (χ1) is 7.33. The predicted octanol–water partition coefficient (Wildman–Crippen LogP) is 2.55. The second-order valence-corrected chi connectivity index (χ2v) is 3.77. The normalized spacial score (nSPS) is 9.20. The van der Waals surface area contributed by atoms with Gasteiger partial charge in [0.2, 0.25) is 0 Å². The van der Waals surface area contributed by atoms with Crippen molar-refractivity contribution in [3.8, 4) is 22.6 Å². The molecule has 0 radical (unpaired) electrons. The maximum absolute atomic E-state index is 8.81. The minimum atomic E-state index is 0.498. The summed E-state index contributed by atoms with van der Waals surface area (Å²) in [6.45, 7) is 0. The molecule has 0 saturated heterocycles. The van der Waals surface area contributed by atoms with E-state index < -0.39 is 0 Å². The van der Waals surface area contributed by atoms with Crippen molar-refractivity contribution in [3.05, 3.63) is 41.0 Å². The largest absolute Gasteiger partial charge is 0.252 e. The zero-order valence-corrected chi connectivity index (χ0v) is 8.45. The van der Waals surface area contributed by atoms with Crippen molar-refractivity contribution in [3.63, 3.8) is 0 Å². The van der Waals surface area contributed by atoms with Crippen LogP contribution in [0.3, 0.4) is 0 Å². The highest BCUT2D eigenvalue weighted by Gasteiger charge is 2.03. The molecule has 15 heavy (non-hydrogen) atoms. The van der Waals surface area contributed by atoms with Gasteiger partial charge in [-0.15, -0.1) is 11.3 Å². The third-order valence-electron chi connectivity index (χ3n) is 1.91. The van der Waals surface area contributed by atoms with Gasteiger partial charge in [-0.05, 0) is 23.8 Å². The Kier molecular flexibility index (Phi) is 2.45. The lowest BCUT2D eigenvalue weighted by atomic mass is 10.1. The molecular formula is C11H5N3S. The van der Waals surface area contributed by atoms with E-state index in [0.717, 1.165) is 10.4 Å². The van der Waals surface area contributed by atoms with Crippen LogP contribution >= 0.6 is 11.3 Å². The topological polar surface area (TPSA) is 60.5 Å². The summed E-state index contributed by atoms with van der Waals surface area (Å²) in [5.74, 6) is 0. The van der Waals surface area contributed by atoms with Crippen molar-refractivity contribution in [2.45, 2.75) is 0 Å². The molecule has 2 rings (SSSR count). The van der Waals surface area contributed by atoms with Gasteiger partial charge in [-0.2, -0.15) is 10.5 Å². The Bertz CT molecular complexity index is 526. The van der Waals surface area contributed by atoms with Crippen molar-refractivity contribution < 1.29 is 0 Å². The van der Waals surface area contributed by atoms with Gasteiger partial charge < -0.3 is 0 Å². The fourth-order valence-corrected chi connectivity index (χ4v) is 1.87. The summed E-state index contributed by atoms with van der Waals surface area (Å²) in [4.78, 5) is 4.92. The Balaban J connectivity index is 2.59. The summed E-state index contributed by atoms with van der Waals surface area (Å²) in [5, 5.41) is 17.6. The van der Waals surface area contributed by atoms with E-state index in [1.807, 2.05) is 12.1 Å². The van der Waals surface area contributed by atoms with E-state index >= 15 is 0 Å². The molecule has 4 heteroatoms. The van der Waals surface area contributed by atoms with Crippen LogP contribution in [-0.2, 0) is 0 Å². The zero-order chi connectivity index (χ0) is 10.7. The fourth-order valence-electron chi connectivity index (χ4n) is 1.26. The minimum absolute atomic E-state index is 0.498. The standard InChI is InChI=1S/C11H5N3S/c12-4-8-1-9(5-13)3-10(2-8)11-6-14-7-15-11/h1-3,6-7H. The Labute approximate surface area is 90.9 Å². The van der Waals surface area contributed by atoms with Gasteiger partial charge in [-0.3, -0.25) is 4.98 Å². The second-order valence-electron chi connectivity index (χ2n) is 2.89. The van der Waals surface area contributed by atoms with Crippen LogP contribution in [-0.4, -0.2) is 4.98 Å². The number of nitrogens with zero attached hydrogens (tertiary/aromatic N) is 3. The van der Waals surface area contributed by atoms with E-state index in [1.54, 1.807) is 29.9 Å². The summed E-state index contributed by atoms with van der Waals surface area (Å²) in [6, 6.07) is 9.16. The van der Waals surface area contributed by atoms with Crippen LogP contribution in [0.1, 0.15) is 11.1 Å². The molecule has 0 spiro atoms.